The third-order valence-corrected chi connectivity index (χ3v) is 3.64. The highest BCUT2D eigenvalue weighted by Crippen LogP contribution is 2.22. The minimum Gasteiger partial charge on any atom is -0.322 e. The van der Waals surface area contributed by atoms with Gasteiger partial charge < -0.3 is 5.32 Å². The molecule has 5 heteroatoms. The van der Waals surface area contributed by atoms with Crippen LogP contribution in [0.2, 0.25) is 5.15 Å². The lowest BCUT2D eigenvalue weighted by molar-refractivity contribution is 0.102. The van der Waals surface area contributed by atoms with E-state index in [-0.39, 0.29) is 11.1 Å². The van der Waals surface area contributed by atoms with Crippen LogP contribution >= 0.6 is 27.5 Å². The van der Waals surface area contributed by atoms with Crippen molar-refractivity contribution >= 4 is 39.1 Å². The first kappa shape index (κ1) is 14.0. The number of benzene rings is 1. The van der Waals surface area contributed by atoms with Crippen LogP contribution in [0.1, 0.15) is 21.5 Å². The number of pyridine rings is 1. The Morgan fingerprint density at radius 2 is 2.11 bits per heavy atom. The summed E-state index contributed by atoms with van der Waals surface area (Å²) in [5.74, 6) is -0.271. The van der Waals surface area contributed by atoms with Gasteiger partial charge in [-0.1, -0.05) is 23.7 Å². The third kappa shape index (κ3) is 3.14. The summed E-state index contributed by atoms with van der Waals surface area (Å²) in [6.07, 6.45) is 1.55. The normalized spacial score (nSPS) is 10.3. The smallest absolute Gasteiger partial charge is 0.258 e. The number of nitrogens with one attached hydrogen (secondary N) is 1. The molecule has 0 atom stereocenters. The fourth-order valence-electron chi connectivity index (χ4n) is 1.66. The molecule has 0 saturated heterocycles. The van der Waals surface area contributed by atoms with E-state index in [0.717, 1.165) is 16.8 Å². The molecule has 98 valence electrons. The van der Waals surface area contributed by atoms with Crippen LogP contribution in [-0.4, -0.2) is 10.9 Å². The predicted octanol–water partition coefficient (Wildman–Crippen LogP) is 4.37. The number of anilines is 1. The molecule has 0 bridgehead atoms. The number of nitrogens with zero attached hydrogens (tertiary/aromatic N) is 1. The number of aromatic nitrogens is 1. The van der Waals surface area contributed by atoms with Gasteiger partial charge in [0, 0.05) is 16.4 Å². The van der Waals surface area contributed by atoms with Crippen LogP contribution in [0, 0.1) is 13.8 Å². The quantitative estimate of drug-likeness (QED) is 0.826. The second-order valence-electron chi connectivity index (χ2n) is 4.19. The van der Waals surface area contributed by atoms with Crippen molar-refractivity contribution in [2.24, 2.45) is 0 Å². The molecule has 2 rings (SSSR count). The SMILES string of the molecule is Cc1cccc(NC(=O)c2cc(Br)cnc2Cl)c1C. The van der Waals surface area contributed by atoms with Crippen molar-refractivity contribution in [1.29, 1.82) is 0 Å². The maximum absolute atomic E-state index is 12.2. The van der Waals surface area contributed by atoms with Gasteiger partial charge in [-0.2, -0.15) is 0 Å². The zero-order chi connectivity index (χ0) is 14.0. The molecule has 0 spiro atoms. The minimum absolute atomic E-state index is 0.186. The second-order valence-corrected chi connectivity index (χ2v) is 5.47. The molecular weight excluding hydrogens is 328 g/mol. The molecule has 2 aromatic rings. The van der Waals surface area contributed by atoms with Crippen molar-refractivity contribution in [3.05, 3.63) is 56.8 Å². The standard InChI is InChI=1S/C14H12BrClN2O/c1-8-4-3-5-12(9(8)2)18-14(19)11-6-10(15)7-17-13(11)16/h3-7H,1-2H3,(H,18,19). The molecule has 1 aromatic heterocycles. The highest BCUT2D eigenvalue weighted by atomic mass is 79.9. The van der Waals surface area contributed by atoms with E-state index >= 15 is 0 Å². The van der Waals surface area contributed by atoms with Gasteiger partial charge in [0.2, 0.25) is 0 Å². The lowest BCUT2D eigenvalue weighted by Gasteiger charge is -2.11. The maximum atomic E-state index is 12.2. The molecule has 0 unspecified atom stereocenters. The summed E-state index contributed by atoms with van der Waals surface area (Å²) in [4.78, 5) is 16.1. The first-order valence-corrected chi connectivity index (χ1v) is 6.84. The number of hydrogen-bond acceptors (Lipinski definition) is 2. The Hall–Kier alpha value is -1.39. The molecule has 1 amide bonds. The number of carbonyl (C=O) groups is 1. The lowest BCUT2D eigenvalue weighted by Crippen LogP contribution is -2.14. The number of aryl methyl sites for hydroxylation is 1. The summed E-state index contributed by atoms with van der Waals surface area (Å²) in [5.41, 5.74) is 3.28. The summed E-state index contributed by atoms with van der Waals surface area (Å²) >= 11 is 9.21. The molecule has 0 aliphatic heterocycles. The van der Waals surface area contributed by atoms with Crippen molar-refractivity contribution in [3.63, 3.8) is 0 Å². The maximum Gasteiger partial charge on any atom is 0.258 e. The number of rotatable bonds is 2. The first-order chi connectivity index (χ1) is 8.99. The van der Waals surface area contributed by atoms with Gasteiger partial charge in [0.15, 0.2) is 0 Å². The Morgan fingerprint density at radius 3 is 2.84 bits per heavy atom. The largest absolute Gasteiger partial charge is 0.322 e. The Kier molecular flexibility index (Phi) is 4.22. The molecule has 0 saturated carbocycles. The Balaban J connectivity index is 2.31. The second kappa shape index (κ2) is 5.72. The fourth-order valence-corrected chi connectivity index (χ4v) is 2.18. The van der Waals surface area contributed by atoms with Crippen molar-refractivity contribution in [3.8, 4) is 0 Å². The summed E-state index contributed by atoms with van der Waals surface area (Å²) in [6.45, 7) is 3.96. The summed E-state index contributed by atoms with van der Waals surface area (Å²) in [7, 11) is 0. The van der Waals surface area contributed by atoms with Crippen molar-refractivity contribution < 1.29 is 4.79 Å². The molecule has 0 radical (unpaired) electrons. The van der Waals surface area contributed by atoms with Gasteiger partial charge >= 0.3 is 0 Å². The molecule has 19 heavy (non-hydrogen) atoms. The van der Waals surface area contributed by atoms with Gasteiger partial charge in [0.25, 0.3) is 5.91 Å². The van der Waals surface area contributed by atoms with Gasteiger partial charge in [-0.3, -0.25) is 4.79 Å². The van der Waals surface area contributed by atoms with Crippen LogP contribution < -0.4 is 5.32 Å². The van der Waals surface area contributed by atoms with Crippen molar-refractivity contribution in [2.75, 3.05) is 5.32 Å². The Labute approximate surface area is 125 Å². The van der Waals surface area contributed by atoms with E-state index in [9.17, 15) is 4.79 Å². The predicted molar refractivity (Wildman–Crippen MR) is 80.8 cm³/mol. The van der Waals surface area contributed by atoms with E-state index in [0.29, 0.717) is 10.0 Å². The first-order valence-electron chi connectivity index (χ1n) is 5.67. The van der Waals surface area contributed by atoms with Crippen molar-refractivity contribution in [1.82, 2.24) is 4.98 Å². The molecule has 0 aliphatic rings. The van der Waals surface area contributed by atoms with Gasteiger partial charge in [-0.15, -0.1) is 0 Å². The third-order valence-electron chi connectivity index (χ3n) is 2.90. The van der Waals surface area contributed by atoms with Crippen LogP contribution in [0.3, 0.4) is 0 Å². The summed E-state index contributed by atoms with van der Waals surface area (Å²) < 4.78 is 0.711. The molecule has 0 aliphatic carbocycles. The van der Waals surface area contributed by atoms with Crippen LogP contribution in [0.4, 0.5) is 5.69 Å². The molecular formula is C14H12BrClN2O. The monoisotopic (exact) mass is 338 g/mol. The average molecular weight is 340 g/mol. The number of carbonyl (C=O) groups excluding carboxylic acids is 1. The number of hydrogen-bond donors (Lipinski definition) is 1. The van der Waals surface area contributed by atoms with Gasteiger partial charge in [0.1, 0.15) is 5.15 Å². The van der Waals surface area contributed by atoms with Crippen LogP contribution in [-0.2, 0) is 0 Å². The van der Waals surface area contributed by atoms with E-state index in [1.165, 1.54) is 0 Å². The van der Waals surface area contributed by atoms with E-state index in [1.54, 1.807) is 12.3 Å². The number of halogens is 2. The molecule has 0 fully saturated rings. The molecule has 3 nitrogen and oxygen atoms in total. The molecule has 1 N–H and O–H groups in total. The fraction of sp³-hybridized carbons (Fsp3) is 0.143. The van der Waals surface area contributed by atoms with E-state index in [4.69, 9.17) is 11.6 Å². The minimum atomic E-state index is -0.271. The van der Waals surface area contributed by atoms with Crippen LogP contribution in [0.15, 0.2) is 34.9 Å². The zero-order valence-corrected chi connectivity index (χ0v) is 12.8. The van der Waals surface area contributed by atoms with Crippen LogP contribution in [0.25, 0.3) is 0 Å². The summed E-state index contributed by atoms with van der Waals surface area (Å²) in [6, 6.07) is 7.41. The molecule has 1 aromatic carbocycles. The van der Waals surface area contributed by atoms with E-state index in [1.807, 2.05) is 32.0 Å². The summed E-state index contributed by atoms with van der Waals surface area (Å²) in [5, 5.41) is 3.04. The van der Waals surface area contributed by atoms with Crippen LogP contribution in [0.5, 0.6) is 0 Å². The topological polar surface area (TPSA) is 42.0 Å². The van der Waals surface area contributed by atoms with E-state index in [2.05, 4.69) is 26.2 Å². The number of amides is 1. The average Bonchev–Trinajstić information content (AvgIpc) is 2.38. The van der Waals surface area contributed by atoms with E-state index < -0.39 is 0 Å². The Morgan fingerprint density at radius 1 is 1.37 bits per heavy atom. The van der Waals surface area contributed by atoms with Gasteiger partial charge in [-0.05, 0) is 53.0 Å². The molecule has 1 heterocycles. The van der Waals surface area contributed by atoms with Crippen molar-refractivity contribution in [2.45, 2.75) is 13.8 Å². The highest BCUT2D eigenvalue weighted by Gasteiger charge is 2.13. The zero-order valence-electron chi connectivity index (χ0n) is 10.5. The van der Waals surface area contributed by atoms with Gasteiger partial charge in [0.05, 0.1) is 5.56 Å². The highest BCUT2D eigenvalue weighted by molar-refractivity contribution is 9.10. The van der Waals surface area contributed by atoms with Gasteiger partial charge in [-0.25, -0.2) is 4.98 Å². The Bertz CT molecular complexity index is 643. The lowest BCUT2D eigenvalue weighted by atomic mass is 10.1.